The van der Waals surface area contributed by atoms with E-state index in [2.05, 4.69) is 30.2 Å². The maximum atomic E-state index is 13.5. The van der Waals surface area contributed by atoms with Gasteiger partial charge in [-0.25, -0.2) is 4.98 Å². The number of nitrogens with one attached hydrogen (secondary N) is 1. The van der Waals surface area contributed by atoms with Crippen LogP contribution in [0.5, 0.6) is 11.5 Å². The van der Waals surface area contributed by atoms with Crippen LogP contribution in [-0.2, 0) is 22.7 Å². The maximum absolute atomic E-state index is 13.5. The van der Waals surface area contributed by atoms with Crippen molar-refractivity contribution in [1.29, 1.82) is 0 Å². The SMILES string of the molecule is CC(C)c1cccc(COCCn2ccnc2)c1NC(=O)CC1c2ccccc2Oc2ccccc21.Cl. The van der Waals surface area contributed by atoms with E-state index in [0.717, 1.165) is 46.0 Å². The predicted molar refractivity (Wildman–Crippen MR) is 148 cm³/mol. The fraction of sp³-hybridized carbons (Fsp3) is 0.267. The molecule has 192 valence electrons. The van der Waals surface area contributed by atoms with Gasteiger partial charge in [0.05, 0.1) is 19.5 Å². The first-order valence-corrected chi connectivity index (χ1v) is 12.4. The summed E-state index contributed by atoms with van der Waals surface area (Å²) in [5.74, 6) is 1.77. The highest BCUT2D eigenvalue weighted by atomic mass is 35.5. The lowest BCUT2D eigenvalue weighted by atomic mass is 9.85. The quantitative estimate of drug-likeness (QED) is 0.245. The number of halogens is 1. The number of hydrogen-bond acceptors (Lipinski definition) is 4. The summed E-state index contributed by atoms with van der Waals surface area (Å²) in [6, 6.07) is 22.1. The van der Waals surface area contributed by atoms with Crippen molar-refractivity contribution >= 4 is 24.0 Å². The molecule has 0 atom stereocenters. The van der Waals surface area contributed by atoms with E-state index in [1.807, 2.05) is 71.4 Å². The molecule has 1 aliphatic rings. The number of para-hydroxylation sites is 3. The number of nitrogens with zero attached hydrogens (tertiary/aromatic N) is 2. The number of rotatable bonds is 9. The molecule has 0 radical (unpaired) electrons. The second kappa shape index (κ2) is 12.1. The van der Waals surface area contributed by atoms with Gasteiger partial charge in [0.25, 0.3) is 0 Å². The second-order valence-corrected chi connectivity index (χ2v) is 9.37. The maximum Gasteiger partial charge on any atom is 0.225 e. The van der Waals surface area contributed by atoms with Crippen molar-refractivity contribution in [2.24, 2.45) is 0 Å². The van der Waals surface area contributed by atoms with Gasteiger partial charge in [0.2, 0.25) is 5.91 Å². The molecule has 0 unspecified atom stereocenters. The van der Waals surface area contributed by atoms with Crippen molar-refractivity contribution < 1.29 is 14.3 Å². The zero-order valence-electron chi connectivity index (χ0n) is 21.1. The zero-order chi connectivity index (χ0) is 24.9. The number of ether oxygens (including phenoxy) is 2. The predicted octanol–water partition coefficient (Wildman–Crippen LogP) is 6.91. The minimum absolute atomic E-state index is 0. The van der Waals surface area contributed by atoms with Crippen LogP contribution in [-0.4, -0.2) is 22.1 Å². The van der Waals surface area contributed by atoms with Crippen molar-refractivity contribution in [3.8, 4) is 11.5 Å². The Morgan fingerprint density at radius 1 is 1.03 bits per heavy atom. The molecular formula is C30H32ClN3O3. The fourth-order valence-corrected chi connectivity index (χ4v) is 4.75. The summed E-state index contributed by atoms with van der Waals surface area (Å²) < 4.78 is 14.1. The lowest BCUT2D eigenvalue weighted by molar-refractivity contribution is -0.116. The molecule has 2 heterocycles. The molecular weight excluding hydrogens is 486 g/mol. The van der Waals surface area contributed by atoms with E-state index in [1.54, 1.807) is 12.5 Å². The number of benzene rings is 3. The zero-order valence-corrected chi connectivity index (χ0v) is 21.9. The average molecular weight is 518 g/mol. The Labute approximate surface area is 224 Å². The summed E-state index contributed by atoms with van der Waals surface area (Å²) in [6.07, 6.45) is 5.78. The summed E-state index contributed by atoms with van der Waals surface area (Å²) in [5.41, 5.74) is 5.01. The largest absolute Gasteiger partial charge is 0.457 e. The normalized spacial score (nSPS) is 12.3. The summed E-state index contributed by atoms with van der Waals surface area (Å²) in [7, 11) is 0. The van der Waals surface area contributed by atoms with Crippen LogP contribution < -0.4 is 10.1 Å². The molecule has 0 saturated heterocycles. The lowest BCUT2D eigenvalue weighted by Gasteiger charge is -2.28. The van der Waals surface area contributed by atoms with Crippen LogP contribution in [0.3, 0.4) is 0 Å². The van der Waals surface area contributed by atoms with E-state index >= 15 is 0 Å². The highest BCUT2D eigenvalue weighted by Crippen LogP contribution is 2.45. The van der Waals surface area contributed by atoms with E-state index in [-0.39, 0.29) is 30.2 Å². The Balaban J connectivity index is 0.00000320. The Bertz CT molecular complexity index is 1290. The minimum atomic E-state index is -0.0766. The lowest BCUT2D eigenvalue weighted by Crippen LogP contribution is -2.21. The van der Waals surface area contributed by atoms with E-state index in [4.69, 9.17) is 9.47 Å². The van der Waals surface area contributed by atoms with Gasteiger partial charge in [0.15, 0.2) is 0 Å². The fourth-order valence-electron chi connectivity index (χ4n) is 4.75. The standard InChI is InChI=1S/C30H31N3O3.ClH/c1-21(2)23-11-7-8-22(19-35-17-16-33-15-14-31-20-33)30(23)32-29(34)18-26-24-9-3-5-12-27(24)36-28-13-6-4-10-25(26)28;/h3-15,20-21,26H,16-19H2,1-2H3,(H,32,34);1H. The van der Waals surface area contributed by atoms with Crippen molar-refractivity contribution in [1.82, 2.24) is 9.55 Å². The Morgan fingerprint density at radius 2 is 1.73 bits per heavy atom. The highest BCUT2D eigenvalue weighted by molar-refractivity contribution is 5.93. The van der Waals surface area contributed by atoms with E-state index in [9.17, 15) is 4.79 Å². The number of aromatic nitrogens is 2. The van der Waals surface area contributed by atoms with E-state index in [1.165, 1.54) is 0 Å². The average Bonchev–Trinajstić information content (AvgIpc) is 3.40. The van der Waals surface area contributed by atoms with Gasteiger partial charge < -0.3 is 19.4 Å². The van der Waals surface area contributed by atoms with Crippen molar-refractivity contribution in [2.45, 2.75) is 45.3 Å². The third-order valence-electron chi connectivity index (χ3n) is 6.58. The molecule has 37 heavy (non-hydrogen) atoms. The van der Waals surface area contributed by atoms with Crippen molar-refractivity contribution in [3.05, 3.63) is 108 Å². The van der Waals surface area contributed by atoms with E-state index in [0.29, 0.717) is 19.6 Å². The molecule has 0 bridgehead atoms. The van der Waals surface area contributed by atoms with Gasteiger partial charge >= 0.3 is 0 Å². The molecule has 7 heteroatoms. The molecule has 5 rings (SSSR count). The molecule has 1 aromatic heterocycles. The first-order valence-electron chi connectivity index (χ1n) is 12.4. The smallest absolute Gasteiger partial charge is 0.225 e. The monoisotopic (exact) mass is 517 g/mol. The van der Waals surface area contributed by atoms with Crippen molar-refractivity contribution in [2.75, 3.05) is 11.9 Å². The Morgan fingerprint density at radius 3 is 2.38 bits per heavy atom. The molecule has 1 N–H and O–H groups in total. The van der Waals surface area contributed by atoms with Crippen LogP contribution in [0.25, 0.3) is 0 Å². The van der Waals surface area contributed by atoms with Gasteiger partial charge in [-0.3, -0.25) is 4.79 Å². The molecule has 3 aromatic carbocycles. The minimum Gasteiger partial charge on any atom is -0.457 e. The number of imidazole rings is 1. The first kappa shape index (κ1) is 26.5. The van der Waals surface area contributed by atoms with Gasteiger partial charge in [0.1, 0.15) is 11.5 Å². The Hall–Kier alpha value is -3.61. The van der Waals surface area contributed by atoms with Crippen LogP contribution >= 0.6 is 12.4 Å². The first-order chi connectivity index (χ1) is 17.6. The third-order valence-corrected chi connectivity index (χ3v) is 6.58. The number of anilines is 1. The number of amides is 1. The van der Waals surface area contributed by atoms with Gasteiger partial charge in [-0.05, 0) is 23.6 Å². The summed E-state index contributed by atoms with van der Waals surface area (Å²) >= 11 is 0. The molecule has 1 aliphatic heterocycles. The van der Waals surface area contributed by atoms with Crippen LogP contribution in [0.1, 0.15) is 54.4 Å². The molecule has 0 spiro atoms. The summed E-state index contributed by atoms with van der Waals surface area (Å²) in [4.78, 5) is 17.6. The van der Waals surface area contributed by atoms with Crippen molar-refractivity contribution in [3.63, 3.8) is 0 Å². The number of hydrogen-bond donors (Lipinski definition) is 1. The molecule has 0 saturated carbocycles. The van der Waals surface area contributed by atoms with Gasteiger partial charge in [-0.2, -0.15) is 0 Å². The highest BCUT2D eigenvalue weighted by Gasteiger charge is 2.29. The summed E-state index contributed by atoms with van der Waals surface area (Å²) in [5, 5.41) is 3.25. The number of carbonyl (C=O) groups excluding carboxylic acids is 1. The van der Waals surface area contributed by atoms with Crippen LogP contribution in [0.2, 0.25) is 0 Å². The topological polar surface area (TPSA) is 65.4 Å². The summed E-state index contributed by atoms with van der Waals surface area (Å²) in [6.45, 7) is 5.99. The molecule has 1 amide bonds. The number of fused-ring (bicyclic) bond motifs is 2. The Kier molecular flexibility index (Phi) is 8.64. The van der Waals surface area contributed by atoms with E-state index < -0.39 is 0 Å². The molecule has 6 nitrogen and oxygen atoms in total. The number of carbonyl (C=O) groups is 1. The van der Waals surface area contributed by atoms with Gasteiger partial charge in [-0.15, -0.1) is 12.4 Å². The molecule has 4 aromatic rings. The van der Waals surface area contributed by atoms with Crippen LogP contribution in [0.15, 0.2) is 85.5 Å². The second-order valence-electron chi connectivity index (χ2n) is 9.37. The van der Waals surface area contributed by atoms with Crippen LogP contribution in [0.4, 0.5) is 5.69 Å². The van der Waals surface area contributed by atoms with Gasteiger partial charge in [-0.1, -0.05) is 68.4 Å². The molecule has 0 aliphatic carbocycles. The molecule has 0 fully saturated rings. The third kappa shape index (κ3) is 6.04. The van der Waals surface area contributed by atoms with Gasteiger partial charge in [0, 0.05) is 53.7 Å². The van der Waals surface area contributed by atoms with Crippen LogP contribution in [0, 0.1) is 0 Å².